The molecule has 0 radical (unpaired) electrons. The van der Waals surface area contributed by atoms with Gasteiger partial charge in [0, 0.05) is 5.56 Å². The van der Waals surface area contributed by atoms with Gasteiger partial charge in [-0.25, -0.2) is 0 Å². The van der Waals surface area contributed by atoms with E-state index in [9.17, 15) is 10.2 Å². The summed E-state index contributed by atoms with van der Waals surface area (Å²) in [6.45, 7) is 20.1. The molecule has 0 amide bonds. The average molecular weight is 655 g/mol. The second kappa shape index (κ2) is 25.7. The summed E-state index contributed by atoms with van der Waals surface area (Å²) in [6, 6.07) is 5.14. The number of allylic oxidation sites excluding steroid dienone is 16. The Kier molecular flexibility index (Phi) is 22.9. The van der Waals surface area contributed by atoms with Crippen LogP contribution in [0.4, 0.5) is 0 Å². The number of benzene rings is 1. The van der Waals surface area contributed by atoms with Crippen LogP contribution in [-0.4, -0.2) is 10.2 Å². The predicted molar refractivity (Wildman–Crippen MR) is 214 cm³/mol. The van der Waals surface area contributed by atoms with Crippen molar-refractivity contribution in [3.63, 3.8) is 0 Å². The predicted octanol–water partition coefficient (Wildman–Crippen LogP) is 14.7. The number of rotatable bonds is 23. The van der Waals surface area contributed by atoms with Crippen LogP contribution >= 0.6 is 0 Å². The van der Waals surface area contributed by atoms with Crippen molar-refractivity contribution >= 4 is 0 Å². The molecular formula is C46H70O2. The van der Waals surface area contributed by atoms with E-state index in [0.29, 0.717) is 6.42 Å². The minimum absolute atomic E-state index is 0.00867. The minimum Gasteiger partial charge on any atom is -0.504 e. The van der Waals surface area contributed by atoms with Gasteiger partial charge in [-0.1, -0.05) is 105 Å². The maximum Gasteiger partial charge on any atom is 0.160 e. The quantitative estimate of drug-likeness (QED) is 0.0910. The summed E-state index contributed by atoms with van der Waals surface area (Å²) >= 11 is 0. The first-order chi connectivity index (χ1) is 22.9. The van der Waals surface area contributed by atoms with Gasteiger partial charge in [-0.3, -0.25) is 0 Å². The first kappa shape index (κ1) is 42.8. The average Bonchev–Trinajstić information content (AvgIpc) is 3.01. The molecule has 0 spiro atoms. The molecule has 1 aromatic rings. The Balaban J connectivity index is 2.25. The van der Waals surface area contributed by atoms with Gasteiger partial charge in [0.25, 0.3) is 0 Å². The van der Waals surface area contributed by atoms with Crippen molar-refractivity contribution in [2.45, 2.75) is 159 Å². The Bertz CT molecular complexity index is 1330. The second-order valence-corrected chi connectivity index (χ2v) is 14.4. The number of hydrogen-bond donors (Lipinski definition) is 2. The largest absolute Gasteiger partial charge is 0.504 e. The number of para-hydroxylation sites is 1. The molecule has 0 fully saturated rings. The van der Waals surface area contributed by atoms with Gasteiger partial charge in [-0.2, -0.15) is 0 Å². The van der Waals surface area contributed by atoms with Gasteiger partial charge in [0.1, 0.15) is 0 Å². The van der Waals surface area contributed by atoms with Crippen molar-refractivity contribution in [2.75, 3.05) is 0 Å². The topological polar surface area (TPSA) is 40.5 Å². The SMILES string of the molecule is CC(C)=CCC/C(C)=C/CC/C(C)=C/CC/C(C)=C/CC/C(C)=C/CC/C(C)=C/CC/C(C)=C/CC/C(C)=C/Cc1cccc(O)c1O. The summed E-state index contributed by atoms with van der Waals surface area (Å²) in [5.41, 5.74) is 12.5. The molecule has 0 aliphatic rings. The summed E-state index contributed by atoms with van der Waals surface area (Å²) in [7, 11) is 0. The molecule has 2 heteroatoms. The molecule has 0 saturated heterocycles. The molecule has 0 aliphatic heterocycles. The van der Waals surface area contributed by atoms with Crippen molar-refractivity contribution in [3.05, 3.63) is 117 Å². The first-order valence-corrected chi connectivity index (χ1v) is 18.6. The Morgan fingerprint density at radius 2 is 0.708 bits per heavy atom. The van der Waals surface area contributed by atoms with Crippen LogP contribution in [0.2, 0.25) is 0 Å². The highest BCUT2D eigenvalue weighted by Gasteiger charge is 2.04. The molecule has 48 heavy (non-hydrogen) atoms. The van der Waals surface area contributed by atoms with E-state index in [0.717, 1.165) is 76.2 Å². The summed E-state index contributed by atoms with van der Waals surface area (Å²) in [5, 5.41) is 19.6. The van der Waals surface area contributed by atoms with E-state index >= 15 is 0 Å². The molecule has 0 atom stereocenters. The Morgan fingerprint density at radius 1 is 0.417 bits per heavy atom. The van der Waals surface area contributed by atoms with Crippen LogP contribution in [0.25, 0.3) is 0 Å². The molecule has 0 unspecified atom stereocenters. The lowest BCUT2D eigenvalue weighted by molar-refractivity contribution is 0.400. The van der Waals surface area contributed by atoms with Crippen LogP contribution < -0.4 is 0 Å². The molecule has 0 saturated carbocycles. The lowest BCUT2D eigenvalue weighted by Crippen LogP contribution is -1.86. The van der Waals surface area contributed by atoms with E-state index in [2.05, 4.69) is 111 Å². The van der Waals surface area contributed by atoms with E-state index in [1.165, 1.54) is 69.9 Å². The second-order valence-electron chi connectivity index (χ2n) is 14.4. The standard InChI is InChI=1S/C46H70O2/c1-36(2)18-10-19-37(3)20-11-21-38(4)22-12-23-39(5)24-13-25-40(6)26-14-27-41(7)28-15-29-42(8)30-16-31-43(9)34-35-44-32-17-33-45(47)46(44)48/h17-18,20,22,24,26,28,30,32-34,47-48H,10-16,19,21,23,25,27,29,31,35H2,1-9H3/b37-20+,38-22+,39-24+,40-26+,41-28+,42-30+,43-34+. The first-order valence-electron chi connectivity index (χ1n) is 18.6. The van der Waals surface area contributed by atoms with Crippen molar-refractivity contribution < 1.29 is 10.2 Å². The third-order valence-corrected chi connectivity index (χ3v) is 9.05. The van der Waals surface area contributed by atoms with E-state index in [-0.39, 0.29) is 11.5 Å². The van der Waals surface area contributed by atoms with Crippen LogP contribution in [0.15, 0.2) is 111 Å². The van der Waals surface area contributed by atoms with Crippen LogP contribution in [0.5, 0.6) is 11.5 Å². The van der Waals surface area contributed by atoms with E-state index in [1.54, 1.807) is 6.07 Å². The zero-order valence-electron chi connectivity index (χ0n) is 32.4. The lowest BCUT2D eigenvalue weighted by atomic mass is 10.0. The molecule has 0 aromatic heterocycles. The number of aromatic hydroxyl groups is 2. The fourth-order valence-electron chi connectivity index (χ4n) is 5.61. The maximum absolute atomic E-state index is 9.98. The minimum atomic E-state index is -0.0532. The number of phenolic OH excluding ortho intramolecular Hbond substituents is 2. The Morgan fingerprint density at radius 3 is 1.02 bits per heavy atom. The molecular weight excluding hydrogens is 585 g/mol. The summed E-state index contributed by atoms with van der Waals surface area (Å²) in [4.78, 5) is 0. The van der Waals surface area contributed by atoms with Crippen LogP contribution in [0.3, 0.4) is 0 Å². The fourth-order valence-corrected chi connectivity index (χ4v) is 5.61. The molecule has 1 aromatic carbocycles. The highest BCUT2D eigenvalue weighted by atomic mass is 16.3. The van der Waals surface area contributed by atoms with Crippen molar-refractivity contribution in [2.24, 2.45) is 0 Å². The molecule has 0 bridgehead atoms. The fraction of sp³-hybridized carbons (Fsp3) is 0.522. The van der Waals surface area contributed by atoms with Gasteiger partial charge in [0.05, 0.1) is 0 Å². The monoisotopic (exact) mass is 655 g/mol. The van der Waals surface area contributed by atoms with E-state index < -0.39 is 0 Å². The Hall–Kier alpha value is -3.26. The highest BCUT2D eigenvalue weighted by molar-refractivity contribution is 5.45. The number of hydrogen-bond acceptors (Lipinski definition) is 2. The van der Waals surface area contributed by atoms with Gasteiger partial charge in [0.2, 0.25) is 0 Å². The molecule has 2 N–H and O–H groups in total. The highest BCUT2D eigenvalue weighted by Crippen LogP contribution is 2.29. The zero-order chi connectivity index (χ0) is 35.7. The zero-order valence-corrected chi connectivity index (χ0v) is 32.4. The van der Waals surface area contributed by atoms with Crippen LogP contribution in [0.1, 0.15) is 158 Å². The third-order valence-electron chi connectivity index (χ3n) is 9.05. The molecule has 0 aliphatic carbocycles. The summed E-state index contributed by atoms with van der Waals surface area (Å²) < 4.78 is 0. The molecule has 1 rings (SSSR count). The van der Waals surface area contributed by atoms with Crippen LogP contribution in [0, 0.1) is 0 Å². The van der Waals surface area contributed by atoms with Crippen molar-refractivity contribution in [1.29, 1.82) is 0 Å². The van der Waals surface area contributed by atoms with Crippen molar-refractivity contribution in [1.82, 2.24) is 0 Å². The molecule has 0 heterocycles. The van der Waals surface area contributed by atoms with Gasteiger partial charge in [-0.15, -0.1) is 0 Å². The van der Waals surface area contributed by atoms with Crippen molar-refractivity contribution in [3.8, 4) is 11.5 Å². The molecule has 2 nitrogen and oxygen atoms in total. The summed E-state index contributed by atoms with van der Waals surface area (Å²) in [6.07, 6.45) is 35.5. The van der Waals surface area contributed by atoms with E-state index in [1.807, 2.05) is 6.07 Å². The van der Waals surface area contributed by atoms with E-state index in [4.69, 9.17) is 0 Å². The van der Waals surface area contributed by atoms with Gasteiger partial charge >= 0.3 is 0 Å². The van der Waals surface area contributed by atoms with Crippen LogP contribution in [-0.2, 0) is 6.42 Å². The third kappa shape index (κ3) is 22.3. The number of phenols is 2. The van der Waals surface area contributed by atoms with Gasteiger partial charge < -0.3 is 10.2 Å². The lowest BCUT2D eigenvalue weighted by Gasteiger charge is -2.05. The Labute approximate surface area is 296 Å². The molecule has 266 valence electrons. The maximum atomic E-state index is 9.98. The summed E-state index contributed by atoms with van der Waals surface area (Å²) in [5.74, 6) is -0.0619. The normalized spacial score (nSPS) is 14.1. The van der Waals surface area contributed by atoms with Gasteiger partial charge in [0.15, 0.2) is 11.5 Å². The smallest absolute Gasteiger partial charge is 0.160 e. The van der Waals surface area contributed by atoms with Gasteiger partial charge in [-0.05, 0) is 165 Å².